The van der Waals surface area contributed by atoms with Crippen molar-refractivity contribution in [1.82, 2.24) is 30.0 Å². The Bertz CT molecular complexity index is 664. The van der Waals surface area contributed by atoms with Crippen LogP contribution in [0.25, 0.3) is 0 Å². The Labute approximate surface area is 135 Å². The van der Waals surface area contributed by atoms with E-state index < -0.39 is 5.60 Å². The van der Waals surface area contributed by atoms with Crippen molar-refractivity contribution in [2.24, 2.45) is 0 Å². The zero-order chi connectivity index (χ0) is 16.6. The Hall–Kier alpha value is -1.80. The average molecular weight is 320 g/mol. The molecule has 0 aromatic carbocycles. The fourth-order valence-corrected chi connectivity index (χ4v) is 2.72. The molecule has 8 nitrogen and oxygen atoms in total. The maximum atomic E-state index is 10.9. The van der Waals surface area contributed by atoms with Crippen molar-refractivity contribution in [3.8, 4) is 0 Å². The van der Waals surface area contributed by atoms with Gasteiger partial charge in [-0.15, -0.1) is 5.10 Å². The van der Waals surface area contributed by atoms with Gasteiger partial charge in [0.05, 0.1) is 12.7 Å². The van der Waals surface area contributed by atoms with Crippen molar-refractivity contribution in [3.05, 3.63) is 23.6 Å². The first kappa shape index (κ1) is 16.1. The summed E-state index contributed by atoms with van der Waals surface area (Å²) in [4.78, 5) is 6.50. The lowest BCUT2D eigenvalue weighted by Gasteiger charge is -2.20. The Kier molecular flexibility index (Phi) is 4.20. The van der Waals surface area contributed by atoms with Crippen molar-refractivity contribution in [1.29, 1.82) is 0 Å². The third kappa shape index (κ3) is 3.28. The predicted molar refractivity (Wildman–Crippen MR) is 82.6 cm³/mol. The second-order valence-electron chi connectivity index (χ2n) is 6.87. The summed E-state index contributed by atoms with van der Waals surface area (Å²) in [6.45, 7) is 9.93. The molecule has 0 spiro atoms. The number of hydrogen-bond acceptors (Lipinski definition) is 7. The van der Waals surface area contributed by atoms with Crippen molar-refractivity contribution < 1.29 is 9.63 Å². The molecule has 0 radical (unpaired) electrons. The average Bonchev–Trinajstić information content (AvgIpc) is 3.19. The zero-order valence-corrected chi connectivity index (χ0v) is 14.1. The second kappa shape index (κ2) is 6.01. The number of nitrogens with zero attached hydrogens (tertiary/aromatic N) is 6. The third-order valence-electron chi connectivity index (χ3n) is 4.19. The van der Waals surface area contributed by atoms with Crippen molar-refractivity contribution in [3.63, 3.8) is 0 Å². The van der Waals surface area contributed by atoms with Crippen LogP contribution in [0.4, 0.5) is 0 Å². The highest BCUT2D eigenvalue weighted by molar-refractivity contribution is 5.11. The first-order valence-electron chi connectivity index (χ1n) is 8.07. The van der Waals surface area contributed by atoms with Crippen molar-refractivity contribution in [2.75, 3.05) is 13.1 Å². The molecule has 1 aliphatic rings. The highest BCUT2D eigenvalue weighted by Gasteiger charge is 2.40. The highest BCUT2D eigenvalue weighted by Crippen LogP contribution is 2.31. The van der Waals surface area contributed by atoms with Crippen molar-refractivity contribution >= 4 is 0 Å². The summed E-state index contributed by atoms with van der Waals surface area (Å²) in [6.07, 6.45) is 2.46. The van der Waals surface area contributed by atoms with Crippen LogP contribution in [0.3, 0.4) is 0 Å². The molecule has 1 atom stereocenters. The van der Waals surface area contributed by atoms with Crippen LogP contribution >= 0.6 is 0 Å². The molecule has 8 heteroatoms. The molecule has 2 aromatic rings. The predicted octanol–water partition coefficient (Wildman–Crippen LogP) is 1.46. The molecule has 3 heterocycles. The van der Waals surface area contributed by atoms with Gasteiger partial charge < -0.3 is 9.63 Å². The Morgan fingerprint density at radius 2 is 2.13 bits per heavy atom. The molecule has 1 fully saturated rings. The molecule has 23 heavy (non-hydrogen) atoms. The van der Waals surface area contributed by atoms with Crippen molar-refractivity contribution in [2.45, 2.75) is 58.2 Å². The number of hydrogen-bond donors (Lipinski definition) is 1. The minimum atomic E-state index is -0.961. The second-order valence-corrected chi connectivity index (χ2v) is 6.87. The Morgan fingerprint density at radius 3 is 2.74 bits per heavy atom. The SMILES string of the molecule is CC(C)c1nc(CN2CCC(O)(c3cn(C(C)C)nn3)C2)no1. The molecule has 0 amide bonds. The topological polar surface area (TPSA) is 93.1 Å². The number of likely N-dealkylation sites (tertiary alicyclic amines) is 1. The van der Waals surface area contributed by atoms with Gasteiger partial charge in [-0.05, 0) is 20.3 Å². The maximum absolute atomic E-state index is 10.9. The zero-order valence-electron chi connectivity index (χ0n) is 14.1. The summed E-state index contributed by atoms with van der Waals surface area (Å²) >= 11 is 0. The molecule has 0 bridgehead atoms. The molecular weight excluding hydrogens is 296 g/mol. The Balaban J connectivity index is 1.66. The van der Waals surface area contributed by atoms with Gasteiger partial charge in [0.15, 0.2) is 5.82 Å². The van der Waals surface area contributed by atoms with Gasteiger partial charge in [-0.2, -0.15) is 4.98 Å². The Morgan fingerprint density at radius 1 is 1.35 bits per heavy atom. The summed E-state index contributed by atoms with van der Waals surface area (Å²) in [7, 11) is 0. The van der Waals surface area contributed by atoms with Gasteiger partial charge >= 0.3 is 0 Å². The van der Waals surface area contributed by atoms with E-state index in [0.717, 1.165) is 6.54 Å². The van der Waals surface area contributed by atoms with Crippen LogP contribution < -0.4 is 0 Å². The number of β-amino-alcohol motifs (C(OH)–C–C–N with tert-alkyl or cyclic N) is 1. The highest BCUT2D eigenvalue weighted by atomic mass is 16.5. The summed E-state index contributed by atoms with van der Waals surface area (Å²) in [5.41, 5.74) is -0.331. The number of rotatable bonds is 5. The molecule has 126 valence electrons. The minimum absolute atomic E-state index is 0.220. The molecule has 0 saturated carbocycles. The first-order chi connectivity index (χ1) is 10.9. The number of aromatic nitrogens is 5. The molecule has 2 aromatic heterocycles. The summed E-state index contributed by atoms with van der Waals surface area (Å²) in [6, 6.07) is 0.228. The van der Waals surface area contributed by atoms with Gasteiger partial charge in [0, 0.05) is 25.0 Å². The van der Waals surface area contributed by atoms with E-state index in [1.54, 1.807) is 4.68 Å². The standard InChI is InChI=1S/C15H24N6O2/c1-10(2)14-16-13(18-23-14)8-20-6-5-15(22,9-20)12-7-21(11(3)4)19-17-12/h7,10-11,22H,5-6,8-9H2,1-4H3. The molecule has 1 aliphatic heterocycles. The van der Waals surface area contributed by atoms with E-state index >= 15 is 0 Å². The van der Waals surface area contributed by atoms with Gasteiger partial charge in [0.2, 0.25) is 5.89 Å². The summed E-state index contributed by atoms with van der Waals surface area (Å²) in [5.74, 6) is 1.52. The van der Waals surface area contributed by atoms with Gasteiger partial charge in [-0.25, -0.2) is 4.68 Å². The van der Waals surface area contributed by atoms with Crippen LogP contribution in [0, 0.1) is 0 Å². The summed E-state index contributed by atoms with van der Waals surface area (Å²) < 4.78 is 6.99. The lowest BCUT2D eigenvalue weighted by Crippen LogP contribution is -2.31. The fourth-order valence-electron chi connectivity index (χ4n) is 2.72. The molecule has 3 rings (SSSR count). The van der Waals surface area contributed by atoms with Gasteiger partial charge in [-0.3, -0.25) is 4.90 Å². The first-order valence-corrected chi connectivity index (χ1v) is 8.07. The van der Waals surface area contributed by atoms with E-state index in [9.17, 15) is 5.11 Å². The van der Waals surface area contributed by atoms with E-state index in [4.69, 9.17) is 4.52 Å². The van der Waals surface area contributed by atoms with Crippen LogP contribution in [0.5, 0.6) is 0 Å². The van der Waals surface area contributed by atoms with Crippen LogP contribution in [0.2, 0.25) is 0 Å². The third-order valence-corrected chi connectivity index (χ3v) is 4.19. The quantitative estimate of drug-likeness (QED) is 0.891. The number of aliphatic hydroxyl groups is 1. The molecular formula is C15H24N6O2. The largest absolute Gasteiger partial charge is 0.382 e. The van der Waals surface area contributed by atoms with Crippen LogP contribution in [0.15, 0.2) is 10.7 Å². The minimum Gasteiger partial charge on any atom is -0.382 e. The van der Waals surface area contributed by atoms with Gasteiger partial charge in [-0.1, -0.05) is 24.2 Å². The van der Waals surface area contributed by atoms with E-state index in [1.165, 1.54) is 0 Å². The van der Waals surface area contributed by atoms with E-state index in [1.807, 2.05) is 33.9 Å². The van der Waals surface area contributed by atoms with Gasteiger partial charge in [0.25, 0.3) is 0 Å². The molecule has 1 N–H and O–H groups in total. The van der Waals surface area contributed by atoms with E-state index in [0.29, 0.717) is 36.9 Å². The normalized spacial score (nSPS) is 22.6. The fraction of sp³-hybridized carbons (Fsp3) is 0.733. The van der Waals surface area contributed by atoms with E-state index in [2.05, 4.69) is 25.4 Å². The molecule has 1 unspecified atom stereocenters. The van der Waals surface area contributed by atoms with Crippen LogP contribution in [0.1, 0.15) is 63.5 Å². The van der Waals surface area contributed by atoms with Gasteiger partial charge in [0.1, 0.15) is 11.3 Å². The van der Waals surface area contributed by atoms with Crippen LogP contribution in [-0.2, 0) is 12.1 Å². The smallest absolute Gasteiger partial charge is 0.229 e. The van der Waals surface area contributed by atoms with E-state index in [-0.39, 0.29) is 12.0 Å². The summed E-state index contributed by atoms with van der Waals surface area (Å²) in [5, 5.41) is 23.1. The lowest BCUT2D eigenvalue weighted by atomic mass is 10.00. The maximum Gasteiger partial charge on any atom is 0.229 e. The lowest BCUT2D eigenvalue weighted by molar-refractivity contribution is 0.0405. The monoisotopic (exact) mass is 320 g/mol. The molecule has 0 aliphatic carbocycles. The van der Waals surface area contributed by atoms with Crippen LogP contribution in [-0.4, -0.2) is 48.2 Å². The molecule has 1 saturated heterocycles.